The molecule has 0 bridgehead atoms. The van der Waals surface area contributed by atoms with Crippen LogP contribution in [0.2, 0.25) is 0 Å². The van der Waals surface area contributed by atoms with Gasteiger partial charge < -0.3 is 19.5 Å². The van der Waals surface area contributed by atoms with E-state index in [4.69, 9.17) is 9.47 Å². The summed E-state index contributed by atoms with van der Waals surface area (Å²) in [7, 11) is 0. The Labute approximate surface area is 270 Å². The van der Waals surface area contributed by atoms with E-state index in [0.717, 1.165) is 31.9 Å². The molecule has 0 radical (unpaired) electrons. The maximum Gasteiger partial charge on any atom is 0.512 e. The normalized spacial score (nSPS) is 12.6. The lowest BCUT2D eigenvalue weighted by Gasteiger charge is -2.29. The summed E-state index contributed by atoms with van der Waals surface area (Å²) in [5.74, 6) is 0.573. The molecule has 3 aromatic carbocycles. The number of rotatable bonds is 10. The highest BCUT2D eigenvalue weighted by Gasteiger charge is 2.26. The molecule has 232 valence electrons. The van der Waals surface area contributed by atoms with E-state index in [2.05, 4.69) is 30.3 Å². The number of aromatic nitrogens is 5. The van der Waals surface area contributed by atoms with Gasteiger partial charge in [-0.3, -0.25) is 10.1 Å². The number of anilines is 2. The summed E-state index contributed by atoms with van der Waals surface area (Å²) in [6.07, 6.45) is 3.55. The van der Waals surface area contributed by atoms with Crippen LogP contribution in [-0.4, -0.2) is 55.1 Å². The molecule has 6 aromatic rings. The number of benzene rings is 3. The SMILES string of the molecule is O=C(O)Oc1nc(N2CCc3cccc(C(=O)Nc4nc5ccccc5s4)c3C2)sc1CCCOc1ccc(-n2cncn2)cc1. The Kier molecular flexibility index (Phi) is 8.27. The van der Waals surface area contributed by atoms with Gasteiger partial charge in [-0.05, 0) is 72.9 Å². The predicted octanol–water partition coefficient (Wildman–Crippen LogP) is 6.22. The highest BCUT2D eigenvalue weighted by atomic mass is 32.1. The Hall–Kier alpha value is -5.34. The van der Waals surface area contributed by atoms with Gasteiger partial charge in [0.2, 0.25) is 5.88 Å². The summed E-state index contributed by atoms with van der Waals surface area (Å²) in [6.45, 7) is 1.54. The maximum atomic E-state index is 13.4. The number of thiazole rings is 2. The summed E-state index contributed by atoms with van der Waals surface area (Å²) in [5, 5.41) is 17.6. The number of nitrogens with one attached hydrogen (secondary N) is 1. The number of carbonyl (C=O) groups excluding carboxylic acids is 1. The molecule has 14 heteroatoms. The third-order valence-corrected chi connectivity index (χ3v) is 9.58. The third-order valence-electron chi connectivity index (χ3n) is 7.47. The summed E-state index contributed by atoms with van der Waals surface area (Å²) in [5.41, 5.74) is 4.30. The van der Waals surface area contributed by atoms with Crippen LogP contribution in [0.25, 0.3) is 15.9 Å². The van der Waals surface area contributed by atoms with Gasteiger partial charge >= 0.3 is 6.16 Å². The van der Waals surface area contributed by atoms with Crippen LogP contribution in [0.5, 0.6) is 11.6 Å². The first-order chi connectivity index (χ1) is 22.5. The first-order valence-corrected chi connectivity index (χ1v) is 16.1. The Bertz CT molecular complexity index is 1970. The molecule has 12 nitrogen and oxygen atoms in total. The van der Waals surface area contributed by atoms with Crippen molar-refractivity contribution in [2.45, 2.75) is 25.8 Å². The van der Waals surface area contributed by atoms with Crippen molar-refractivity contribution in [3.05, 3.63) is 101 Å². The van der Waals surface area contributed by atoms with Gasteiger partial charge in [0.1, 0.15) is 18.4 Å². The number of carboxylic acid groups (broad SMARTS) is 1. The minimum Gasteiger partial charge on any atom is -0.494 e. The Morgan fingerprint density at radius 1 is 1.00 bits per heavy atom. The van der Waals surface area contributed by atoms with Crippen molar-refractivity contribution >= 4 is 55.2 Å². The van der Waals surface area contributed by atoms with Crippen LogP contribution in [-0.2, 0) is 19.4 Å². The largest absolute Gasteiger partial charge is 0.512 e. The van der Waals surface area contributed by atoms with Crippen molar-refractivity contribution in [1.29, 1.82) is 0 Å². The molecular formula is C32H27N7O5S2. The topological polar surface area (TPSA) is 145 Å². The zero-order valence-corrected chi connectivity index (χ0v) is 26.0. The molecule has 3 aromatic heterocycles. The van der Waals surface area contributed by atoms with Gasteiger partial charge in [-0.25, -0.2) is 19.4 Å². The van der Waals surface area contributed by atoms with Crippen molar-refractivity contribution in [3.63, 3.8) is 0 Å². The minimum atomic E-state index is -1.42. The lowest BCUT2D eigenvalue weighted by atomic mass is 9.94. The van der Waals surface area contributed by atoms with Gasteiger partial charge in [0.25, 0.3) is 5.91 Å². The molecule has 1 aliphatic rings. The van der Waals surface area contributed by atoms with Crippen LogP contribution in [0.4, 0.5) is 15.1 Å². The molecule has 0 saturated heterocycles. The second-order valence-electron chi connectivity index (χ2n) is 10.4. The average Bonchev–Trinajstić information content (AvgIpc) is 3.83. The van der Waals surface area contributed by atoms with Crippen molar-refractivity contribution in [2.75, 3.05) is 23.4 Å². The molecule has 2 N–H and O–H groups in total. The summed E-state index contributed by atoms with van der Waals surface area (Å²) < 4.78 is 13.6. The number of hydrogen-bond acceptors (Lipinski definition) is 11. The van der Waals surface area contributed by atoms with Gasteiger partial charge in [0.05, 0.1) is 27.4 Å². The van der Waals surface area contributed by atoms with E-state index in [0.29, 0.717) is 60.5 Å². The molecule has 4 heterocycles. The smallest absolute Gasteiger partial charge is 0.494 e. The lowest BCUT2D eigenvalue weighted by Crippen LogP contribution is -2.32. The van der Waals surface area contributed by atoms with E-state index >= 15 is 0 Å². The second-order valence-corrected chi connectivity index (χ2v) is 12.5. The van der Waals surface area contributed by atoms with Gasteiger partial charge in [-0.15, -0.1) is 0 Å². The number of ether oxygens (including phenoxy) is 2. The molecular weight excluding hydrogens is 627 g/mol. The monoisotopic (exact) mass is 653 g/mol. The van der Waals surface area contributed by atoms with Gasteiger partial charge in [-0.2, -0.15) is 10.1 Å². The van der Waals surface area contributed by atoms with Crippen LogP contribution in [0.3, 0.4) is 0 Å². The predicted molar refractivity (Wildman–Crippen MR) is 175 cm³/mol. The molecule has 0 atom stereocenters. The highest BCUT2D eigenvalue weighted by Crippen LogP contribution is 2.36. The van der Waals surface area contributed by atoms with Crippen LogP contribution in [0, 0.1) is 0 Å². The number of amides is 1. The van der Waals surface area contributed by atoms with Gasteiger partial charge in [-0.1, -0.05) is 46.9 Å². The summed E-state index contributed by atoms with van der Waals surface area (Å²) in [4.78, 5) is 40.7. The Morgan fingerprint density at radius 3 is 2.67 bits per heavy atom. The molecule has 7 rings (SSSR count). The number of hydrogen-bond donors (Lipinski definition) is 2. The minimum absolute atomic E-state index is 0.0809. The molecule has 46 heavy (non-hydrogen) atoms. The average molecular weight is 654 g/mol. The highest BCUT2D eigenvalue weighted by molar-refractivity contribution is 7.22. The molecule has 1 amide bonds. The van der Waals surface area contributed by atoms with Crippen molar-refractivity contribution in [1.82, 2.24) is 24.7 Å². The standard InChI is InChI=1S/C32H27N7O5S2/c40-28(36-30-35-25-7-1-2-8-26(25)45-30)23-6-3-5-20-14-15-38(17-24(20)23)31-37-29(44-32(41)42)27(46-31)9-4-16-43-22-12-10-21(11-13-22)39-19-33-18-34-39/h1-3,5-8,10-13,18-19H,4,9,14-17H2,(H,41,42)(H,35,36,40). The molecule has 0 spiro atoms. The zero-order valence-electron chi connectivity index (χ0n) is 24.3. The number of fused-ring (bicyclic) bond motifs is 2. The fraction of sp³-hybridized carbons (Fsp3) is 0.188. The fourth-order valence-electron chi connectivity index (χ4n) is 5.29. The van der Waals surface area contributed by atoms with Gasteiger partial charge in [0.15, 0.2) is 10.3 Å². The third kappa shape index (κ3) is 6.39. The van der Waals surface area contributed by atoms with Gasteiger partial charge in [0, 0.05) is 18.7 Å². The van der Waals surface area contributed by atoms with Crippen LogP contribution >= 0.6 is 22.7 Å². The van der Waals surface area contributed by atoms with E-state index < -0.39 is 6.16 Å². The second kappa shape index (κ2) is 12.9. The van der Waals surface area contributed by atoms with Crippen LogP contribution in [0.1, 0.15) is 32.8 Å². The number of nitrogens with zero attached hydrogens (tertiary/aromatic N) is 6. The van der Waals surface area contributed by atoms with Crippen LogP contribution in [0.15, 0.2) is 79.4 Å². The first kappa shape index (κ1) is 29.4. The Balaban J connectivity index is 1.02. The summed E-state index contributed by atoms with van der Waals surface area (Å²) in [6, 6.07) is 21.0. The van der Waals surface area contributed by atoms with Crippen molar-refractivity contribution in [3.8, 4) is 17.3 Å². The zero-order chi connectivity index (χ0) is 31.5. The Morgan fingerprint density at radius 2 is 1.87 bits per heavy atom. The molecule has 0 fully saturated rings. The van der Waals surface area contributed by atoms with E-state index in [1.54, 1.807) is 11.0 Å². The van der Waals surface area contributed by atoms with Crippen molar-refractivity contribution in [2.24, 2.45) is 0 Å². The number of carbonyl (C=O) groups is 2. The fourth-order valence-corrected chi connectivity index (χ4v) is 7.20. The molecule has 0 unspecified atom stereocenters. The van der Waals surface area contributed by atoms with Crippen LogP contribution < -0.4 is 19.7 Å². The number of para-hydroxylation sites is 1. The quantitative estimate of drug-likeness (QED) is 0.129. The van der Waals surface area contributed by atoms with E-state index in [-0.39, 0.29) is 11.8 Å². The van der Waals surface area contributed by atoms with E-state index in [1.807, 2.05) is 66.7 Å². The summed E-state index contributed by atoms with van der Waals surface area (Å²) >= 11 is 2.83. The first-order valence-electron chi connectivity index (χ1n) is 14.5. The molecule has 0 aliphatic carbocycles. The lowest BCUT2D eigenvalue weighted by molar-refractivity contribution is 0.102. The molecule has 1 aliphatic heterocycles. The molecule has 0 saturated carbocycles. The van der Waals surface area contributed by atoms with Crippen molar-refractivity contribution < 1.29 is 24.2 Å². The number of aryl methyl sites for hydroxylation is 1. The van der Waals surface area contributed by atoms with E-state index in [9.17, 15) is 14.7 Å². The maximum absolute atomic E-state index is 13.4. The van der Waals surface area contributed by atoms with E-state index in [1.165, 1.54) is 29.0 Å².